The van der Waals surface area contributed by atoms with Crippen LogP contribution in [0.2, 0.25) is 0 Å². The van der Waals surface area contributed by atoms with Crippen molar-refractivity contribution < 1.29 is 4.79 Å². The molecular formula is C10H18O. The Labute approximate surface area is 69.5 Å². The molecule has 0 amide bonds. The van der Waals surface area contributed by atoms with Crippen molar-refractivity contribution in [3.05, 3.63) is 12.2 Å². The van der Waals surface area contributed by atoms with Gasteiger partial charge in [0.05, 0.1) is 0 Å². The summed E-state index contributed by atoms with van der Waals surface area (Å²) in [7, 11) is 0. The number of carbonyl (C=O) groups excluding carboxylic acids is 1. The molecule has 64 valence electrons. The van der Waals surface area contributed by atoms with Gasteiger partial charge >= 0.3 is 0 Å². The Morgan fingerprint density at radius 1 is 1.27 bits per heavy atom. The quantitative estimate of drug-likeness (QED) is 0.559. The molecule has 0 saturated carbocycles. The maximum Gasteiger partial charge on any atom is 0.137 e. The van der Waals surface area contributed by atoms with E-state index < -0.39 is 0 Å². The summed E-state index contributed by atoms with van der Waals surface area (Å²) in [4.78, 5) is 11.2. The summed E-state index contributed by atoms with van der Waals surface area (Å²) < 4.78 is 0. The van der Waals surface area contributed by atoms with Crippen LogP contribution in [0.5, 0.6) is 0 Å². The topological polar surface area (TPSA) is 17.1 Å². The zero-order chi connectivity index (χ0) is 9.23. The molecule has 11 heavy (non-hydrogen) atoms. The first kappa shape index (κ1) is 10.4. The van der Waals surface area contributed by atoms with Crippen LogP contribution in [-0.2, 0) is 4.79 Å². The number of hydrogen-bond acceptors (Lipinski definition) is 1. The van der Waals surface area contributed by atoms with Gasteiger partial charge in [-0.3, -0.25) is 4.79 Å². The van der Waals surface area contributed by atoms with E-state index >= 15 is 0 Å². The molecule has 0 rings (SSSR count). The number of rotatable bonds is 2. The number of Topliss-reactive ketones (excluding diaryl/α,β-unsaturated/α-hetero) is 1. The lowest BCUT2D eigenvalue weighted by molar-refractivity contribution is -0.122. The molecule has 0 saturated heterocycles. The van der Waals surface area contributed by atoms with Crippen molar-refractivity contribution in [2.45, 2.75) is 34.6 Å². The van der Waals surface area contributed by atoms with E-state index in [2.05, 4.69) is 27.4 Å². The number of hydrogen-bond donors (Lipinski definition) is 0. The highest BCUT2D eigenvalue weighted by Gasteiger charge is 2.28. The summed E-state index contributed by atoms with van der Waals surface area (Å²) in [5.74, 6) is 0.215. The van der Waals surface area contributed by atoms with E-state index in [1.54, 1.807) is 6.92 Å². The second kappa shape index (κ2) is 3.21. The SMILES string of the molecule is C=C(C)C(C(C)=O)C(C)(C)C. The third kappa shape index (κ3) is 2.87. The zero-order valence-corrected chi connectivity index (χ0v) is 8.19. The molecule has 0 spiro atoms. The highest BCUT2D eigenvalue weighted by molar-refractivity contribution is 5.81. The molecule has 0 heterocycles. The largest absolute Gasteiger partial charge is 0.299 e. The molecule has 0 fully saturated rings. The van der Waals surface area contributed by atoms with Crippen LogP contribution in [0.15, 0.2) is 12.2 Å². The standard InChI is InChI=1S/C10H18O/c1-7(2)9(8(3)11)10(4,5)6/h9H,1H2,2-6H3. The monoisotopic (exact) mass is 154 g/mol. The fourth-order valence-corrected chi connectivity index (χ4v) is 1.70. The minimum atomic E-state index is 0.00231. The number of allylic oxidation sites excluding steroid dienone is 1. The molecule has 1 heteroatoms. The normalized spacial score (nSPS) is 14.3. The lowest BCUT2D eigenvalue weighted by Gasteiger charge is -2.28. The van der Waals surface area contributed by atoms with Crippen molar-refractivity contribution in [1.29, 1.82) is 0 Å². The summed E-state index contributed by atoms with van der Waals surface area (Å²) in [5.41, 5.74) is 0.975. The molecule has 0 aliphatic rings. The Balaban J connectivity index is 4.63. The fourth-order valence-electron chi connectivity index (χ4n) is 1.70. The van der Waals surface area contributed by atoms with Gasteiger partial charge in [-0.05, 0) is 19.3 Å². The summed E-state index contributed by atoms with van der Waals surface area (Å²) in [5, 5.41) is 0. The first-order valence-electron chi connectivity index (χ1n) is 3.92. The predicted molar refractivity (Wildman–Crippen MR) is 48.4 cm³/mol. The van der Waals surface area contributed by atoms with Crippen LogP contribution in [0.25, 0.3) is 0 Å². The first-order chi connectivity index (χ1) is 4.76. The van der Waals surface area contributed by atoms with Gasteiger partial charge in [0.15, 0.2) is 0 Å². The van der Waals surface area contributed by atoms with Crippen molar-refractivity contribution in [2.75, 3.05) is 0 Å². The molecule has 0 bridgehead atoms. The first-order valence-corrected chi connectivity index (χ1v) is 3.92. The van der Waals surface area contributed by atoms with E-state index in [4.69, 9.17) is 0 Å². The maximum atomic E-state index is 11.2. The summed E-state index contributed by atoms with van der Waals surface area (Å²) in [6, 6.07) is 0. The van der Waals surface area contributed by atoms with Crippen LogP contribution in [0, 0.1) is 11.3 Å². The van der Waals surface area contributed by atoms with Crippen LogP contribution in [-0.4, -0.2) is 5.78 Å². The van der Waals surface area contributed by atoms with Gasteiger partial charge in [0.25, 0.3) is 0 Å². The van der Waals surface area contributed by atoms with E-state index in [1.165, 1.54) is 0 Å². The van der Waals surface area contributed by atoms with Gasteiger partial charge < -0.3 is 0 Å². The fraction of sp³-hybridized carbons (Fsp3) is 0.700. The molecule has 0 aromatic carbocycles. The lowest BCUT2D eigenvalue weighted by atomic mass is 9.75. The third-order valence-electron chi connectivity index (χ3n) is 1.77. The Morgan fingerprint density at radius 3 is 1.64 bits per heavy atom. The van der Waals surface area contributed by atoms with Crippen LogP contribution in [0.4, 0.5) is 0 Å². The number of carbonyl (C=O) groups is 1. The molecule has 0 aliphatic carbocycles. The van der Waals surface area contributed by atoms with Gasteiger partial charge in [0.2, 0.25) is 0 Å². The minimum Gasteiger partial charge on any atom is -0.299 e. The second-order valence-electron chi connectivity index (χ2n) is 4.26. The van der Waals surface area contributed by atoms with E-state index in [-0.39, 0.29) is 17.1 Å². The van der Waals surface area contributed by atoms with Crippen molar-refractivity contribution in [3.8, 4) is 0 Å². The molecule has 1 nitrogen and oxygen atoms in total. The third-order valence-corrected chi connectivity index (χ3v) is 1.77. The maximum absolute atomic E-state index is 11.2. The van der Waals surface area contributed by atoms with Gasteiger partial charge in [-0.25, -0.2) is 0 Å². The molecule has 0 radical (unpaired) electrons. The second-order valence-corrected chi connectivity index (χ2v) is 4.26. The van der Waals surface area contributed by atoms with Gasteiger partial charge in [-0.1, -0.05) is 32.9 Å². The average molecular weight is 154 g/mol. The summed E-state index contributed by atoms with van der Waals surface area (Å²) in [6.45, 7) is 13.6. The van der Waals surface area contributed by atoms with Crippen molar-refractivity contribution in [3.63, 3.8) is 0 Å². The van der Waals surface area contributed by atoms with E-state index in [1.807, 2.05) is 6.92 Å². The van der Waals surface area contributed by atoms with Crippen molar-refractivity contribution in [1.82, 2.24) is 0 Å². The Bertz CT molecular complexity index is 158. The molecule has 1 atom stereocenters. The van der Waals surface area contributed by atoms with Crippen molar-refractivity contribution >= 4 is 5.78 Å². The van der Waals surface area contributed by atoms with Gasteiger partial charge in [-0.15, -0.1) is 0 Å². The van der Waals surface area contributed by atoms with Crippen molar-refractivity contribution in [2.24, 2.45) is 11.3 Å². The highest BCUT2D eigenvalue weighted by atomic mass is 16.1. The Morgan fingerprint density at radius 2 is 1.64 bits per heavy atom. The Kier molecular flexibility index (Phi) is 3.03. The van der Waals surface area contributed by atoms with Crippen LogP contribution in [0.1, 0.15) is 34.6 Å². The van der Waals surface area contributed by atoms with Crippen LogP contribution < -0.4 is 0 Å². The average Bonchev–Trinajstić information content (AvgIpc) is 1.54. The van der Waals surface area contributed by atoms with Crippen LogP contribution >= 0.6 is 0 Å². The Hall–Kier alpha value is -0.590. The minimum absolute atomic E-state index is 0.00231. The molecule has 1 unspecified atom stereocenters. The lowest BCUT2D eigenvalue weighted by Crippen LogP contribution is -2.27. The van der Waals surface area contributed by atoms with Gasteiger partial charge in [0.1, 0.15) is 5.78 Å². The highest BCUT2D eigenvalue weighted by Crippen LogP contribution is 2.31. The van der Waals surface area contributed by atoms with E-state index in [9.17, 15) is 4.79 Å². The number of ketones is 1. The van der Waals surface area contributed by atoms with E-state index in [0.717, 1.165) is 5.57 Å². The van der Waals surface area contributed by atoms with Gasteiger partial charge in [0, 0.05) is 5.92 Å². The molecule has 0 aromatic rings. The van der Waals surface area contributed by atoms with Gasteiger partial charge in [-0.2, -0.15) is 0 Å². The predicted octanol–water partition coefficient (Wildman–Crippen LogP) is 2.81. The molecule has 0 N–H and O–H groups in total. The van der Waals surface area contributed by atoms with E-state index in [0.29, 0.717) is 0 Å². The summed E-state index contributed by atoms with van der Waals surface area (Å²) in [6.07, 6.45) is 0. The smallest absolute Gasteiger partial charge is 0.137 e. The summed E-state index contributed by atoms with van der Waals surface area (Å²) >= 11 is 0. The molecule has 0 aromatic heterocycles. The molecule has 0 aliphatic heterocycles. The van der Waals surface area contributed by atoms with Crippen LogP contribution in [0.3, 0.4) is 0 Å². The molecular weight excluding hydrogens is 136 g/mol. The zero-order valence-electron chi connectivity index (χ0n) is 8.19.